The number of hydrogen-bond acceptors (Lipinski definition) is 4. The van der Waals surface area contributed by atoms with Crippen LogP contribution in [0.3, 0.4) is 0 Å². The van der Waals surface area contributed by atoms with Crippen molar-refractivity contribution in [3.8, 4) is 0 Å². The predicted octanol–water partition coefficient (Wildman–Crippen LogP) is 3.71. The molecule has 182 valence electrons. The summed E-state index contributed by atoms with van der Waals surface area (Å²) < 4.78 is 5.69. The fourth-order valence-electron chi connectivity index (χ4n) is 5.82. The zero-order valence-corrected chi connectivity index (χ0v) is 22.7. The van der Waals surface area contributed by atoms with Gasteiger partial charge in [-0.25, -0.2) is 0 Å². The van der Waals surface area contributed by atoms with Crippen LogP contribution >= 0.6 is 24.0 Å². The maximum Gasteiger partial charge on any atom is 0.191 e. The molecule has 0 spiro atoms. The van der Waals surface area contributed by atoms with Gasteiger partial charge in [0, 0.05) is 38.9 Å². The number of guanidine groups is 1. The fraction of sp³-hybridized carbons (Fsp3) is 0.958. The average Bonchev–Trinajstić information content (AvgIpc) is 3.25. The van der Waals surface area contributed by atoms with Crippen LogP contribution in [0.4, 0.5) is 0 Å². The van der Waals surface area contributed by atoms with Crippen molar-refractivity contribution in [1.82, 2.24) is 20.4 Å². The van der Waals surface area contributed by atoms with Gasteiger partial charge in [0.25, 0.3) is 0 Å². The van der Waals surface area contributed by atoms with Gasteiger partial charge in [-0.3, -0.25) is 9.89 Å². The summed E-state index contributed by atoms with van der Waals surface area (Å²) in [6.07, 6.45) is 13.1. The summed E-state index contributed by atoms with van der Waals surface area (Å²) in [5, 5.41) is 7.45. The van der Waals surface area contributed by atoms with Crippen LogP contribution in [0.25, 0.3) is 0 Å². The standard InChI is InChI=1S/C24H47N5O.HI/c1-4-30-19-14-23(10-6-7-11-23)20-26-22(25-2)27-21-24(12-17-28(3)18-13-24)29-15-8-5-9-16-29;/h4-21H2,1-3H3,(H2,25,26,27);1H. The van der Waals surface area contributed by atoms with E-state index in [0.717, 1.165) is 38.7 Å². The quantitative estimate of drug-likeness (QED) is 0.199. The number of aliphatic imine (C=N–C) groups is 1. The molecule has 0 radical (unpaired) electrons. The van der Waals surface area contributed by atoms with Crippen molar-refractivity contribution in [3.05, 3.63) is 0 Å². The molecular formula is C24H48IN5O. The summed E-state index contributed by atoms with van der Waals surface area (Å²) in [5.41, 5.74) is 0.662. The van der Waals surface area contributed by atoms with Gasteiger partial charge in [0.05, 0.1) is 0 Å². The Morgan fingerprint density at radius 1 is 0.903 bits per heavy atom. The largest absolute Gasteiger partial charge is 0.382 e. The summed E-state index contributed by atoms with van der Waals surface area (Å²) in [6, 6.07) is 0. The number of nitrogens with zero attached hydrogens (tertiary/aromatic N) is 3. The number of hydrogen-bond donors (Lipinski definition) is 2. The maximum atomic E-state index is 5.69. The minimum Gasteiger partial charge on any atom is -0.382 e. The molecule has 2 heterocycles. The molecule has 0 bridgehead atoms. The van der Waals surface area contributed by atoms with Crippen molar-refractivity contribution in [3.63, 3.8) is 0 Å². The number of halogens is 1. The Hall–Kier alpha value is -0.120. The van der Waals surface area contributed by atoms with Gasteiger partial charge in [0.15, 0.2) is 5.96 Å². The Morgan fingerprint density at radius 3 is 2.16 bits per heavy atom. The lowest BCUT2D eigenvalue weighted by molar-refractivity contribution is 0.0172. The topological polar surface area (TPSA) is 52.1 Å². The molecule has 0 unspecified atom stereocenters. The predicted molar refractivity (Wildman–Crippen MR) is 142 cm³/mol. The Balaban J connectivity index is 0.00000341. The van der Waals surface area contributed by atoms with E-state index in [1.807, 2.05) is 7.05 Å². The second kappa shape index (κ2) is 13.6. The highest BCUT2D eigenvalue weighted by atomic mass is 127. The van der Waals surface area contributed by atoms with E-state index in [0.29, 0.717) is 5.41 Å². The molecule has 6 nitrogen and oxygen atoms in total. The van der Waals surface area contributed by atoms with Crippen molar-refractivity contribution in [2.24, 2.45) is 10.4 Å². The second-order valence-corrected chi connectivity index (χ2v) is 10.0. The van der Waals surface area contributed by atoms with Crippen molar-refractivity contribution in [2.75, 3.05) is 66.6 Å². The third kappa shape index (κ3) is 7.71. The van der Waals surface area contributed by atoms with Gasteiger partial charge >= 0.3 is 0 Å². The first kappa shape index (κ1) is 27.1. The Kier molecular flexibility index (Phi) is 11.9. The van der Waals surface area contributed by atoms with Crippen molar-refractivity contribution >= 4 is 29.9 Å². The highest BCUT2D eigenvalue weighted by Gasteiger charge is 2.40. The third-order valence-corrected chi connectivity index (χ3v) is 8.03. The summed E-state index contributed by atoms with van der Waals surface area (Å²) in [5.74, 6) is 0.980. The van der Waals surface area contributed by atoms with Gasteiger partial charge in [-0.15, -0.1) is 24.0 Å². The molecule has 0 atom stereocenters. The second-order valence-electron chi connectivity index (χ2n) is 10.0. The van der Waals surface area contributed by atoms with E-state index in [1.165, 1.54) is 84.0 Å². The van der Waals surface area contributed by atoms with Gasteiger partial charge in [-0.05, 0) is 90.5 Å². The Morgan fingerprint density at radius 2 is 1.55 bits per heavy atom. The molecule has 0 amide bonds. The smallest absolute Gasteiger partial charge is 0.191 e. The van der Waals surface area contributed by atoms with Crippen LogP contribution in [0, 0.1) is 5.41 Å². The van der Waals surface area contributed by atoms with E-state index < -0.39 is 0 Å². The van der Waals surface area contributed by atoms with Crippen molar-refractivity contribution in [1.29, 1.82) is 0 Å². The molecule has 31 heavy (non-hydrogen) atoms. The van der Waals surface area contributed by atoms with Crippen molar-refractivity contribution < 1.29 is 4.74 Å². The van der Waals surface area contributed by atoms with Gasteiger partial charge in [0.2, 0.25) is 0 Å². The SMILES string of the molecule is CCOCCC1(CNC(=NC)NCC2(N3CCCCC3)CCN(C)CC2)CCCC1.I. The first-order valence-corrected chi connectivity index (χ1v) is 12.6. The van der Waals surface area contributed by atoms with Crippen LogP contribution in [0.1, 0.15) is 71.1 Å². The Bertz CT molecular complexity index is 524. The monoisotopic (exact) mass is 549 g/mol. The highest BCUT2D eigenvalue weighted by molar-refractivity contribution is 14.0. The molecule has 0 aromatic rings. The molecule has 1 aliphatic carbocycles. The number of rotatable bonds is 9. The normalized spacial score (nSPS) is 24.5. The zero-order valence-electron chi connectivity index (χ0n) is 20.4. The van der Waals surface area contributed by atoms with Crippen LogP contribution in [-0.4, -0.2) is 87.9 Å². The molecular weight excluding hydrogens is 501 g/mol. The lowest BCUT2D eigenvalue weighted by Gasteiger charge is -2.50. The average molecular weight is 550 g/mol. The summed E-state index contributed by atoms with van der Waals surface area (Å²) in [7, 11) is 4.18. The zero-order chi connectivity index (χ0) is 21.3. The van der Waals surface area contributed by atoms with E-state index in [1.54, 1.807) is 0 Å². The molecule has 0 aromatic heterocycles. The molecule has 2 saturated heterocycles. The minimum atomic E-state index is 0. The van der Waals surface area contributed by atoms with E-state index in [9.17, 15) is 0 Å². The van der Waals surface area contributed by atoms with E-state index in [-0.39, 0.29) is 29.5 Å². The van der Waals surface area contributed by atoms with E-state index in [4.69, 9.17) is 4.74 Å². The van der Waals surface area contributed by atoms with Gasteiger partial charge in [-0.2, -0.15) is 0 Å². The van der Waals surface area contributed by atoms with E-state index >= 15 is 0 Å². The summed E-state index contributed by atoms with van der Waals surface area (Å²) >= 11 is 0. The third-order valence-electron chi connectivity index (χ3n) is 8.03. The Labute approximate surface area is 208 Å². The number of nitrogens with one attached hydrogen (secondary N) is 2. The molecule has 3 rings (SSSR count). The number of ether oxygens (including phenoxy) is 1. The number of likely N-dealkylation sites (tertiary alicyclic amines) is 2. The summed E-state index contributed by atoms with van der Waals surface area (Å²) in [6.45, 7) is 10.7. The van der Waals surface area contributed by atoms with Gasteiger partial charge in [0.1, 0.15) is 0 Å². The highest BCUT2D eigenvalue weighted by Crippen LogP contribution is 2.40. The van der Waals surface area contributed by atoms with Gasteiger partial charge in [-0.1, -0.05) is 19.3 Å². The van der Waals surface area contributed by atoms with Crippen LogP contribution in [0.5, 0.6) is 0 Å². The maximum absolute atomic E-state index is 5.69. The molecule has 7 heteroatoms. The fourth-order valence-corrected chi connectivity index (χ4v) is 5.82. The lowest BCUT2D eigenvalue weighted by Crippen LogP contribution is -2.62. The van der Waals surface area contributed by atoms with Crippen LogP contribution in [-0.2, 0) is 4.74 Å². The molecule has 2 aliphatic heterocycles. The minimum absolute atomic E-state index is 0. The van der Waals surface area contributed by atoms with Crippen LogP contribution in [0.2, 0.25) is 0 Å². The lowest BCUT2D eigenvalue weighted by atomic mass is 9.83. The first-order valence-electron chi connectivity index (χ1n) is 12.6. The van der Waals surface area contributed by atoms with Crippen LogP contribution in [0.15, 0.2) is 4.99 Å². The summed E-state index contributed by atoms with van der Waals surface area (Å²) in [4.78, 5) is 9.87. The first-order chi connectivity index (χ1) is 14.6. The molecule has 3 fully saturated rings. The number of piperidine rings is 2. The van der Waals surface area contributed by atoms with Crippen LogP contribution < -0.4 is 10.6 Å². The van der Waals surface area contributed by atoms with Gasteiger partial charge < -0.3 is 20.3 Å². The molecule has 1 saturated carbocycles. The van der Waals surface area contributed by atoms with Crippen molar-refractivity contribution in [2.45, 2.75) is 76.7 Å². The molecule has 2 N–H and O–H groups in total. The molecule has 3 aliphatic rings. The van der Waals surface area contributed by atoms with E-state index in [2.05, 4.69) is 39.4 Å². The molecule has 0 aromatic carbocycles.